The van der Waals surface area contributed by atoms with Gasteiger partial charge in [0, 0.05) is 18.5 Å². The number of ether oxygens (including phenoxy) is 1. The lowest BCUT2D eigenvalue weighted by molar-refractivity contribution is -0.136. The highest BCUT2D eigenvalue weighted by molar-refractivity contribution is 6.05. The van der Waals surface area contributed by atoms with Crippen molar-refractivity contribution in [3.05, 3.63) is 69.8 Å². The average molecular weight is 476 g/mol. The fraction of sp³-hybridized carbons (Fsp3) is 0.407. The van der Waals surface area contributed by atoms with Crippen LogP contribution in [0.3, 0.4) is 0 Å². The molecule has 2 aromatic rings. The number of alkyl carbamates (subject to hydrolysis) is 1. The van der Waals surface area contributed by atoms with Crippen LogP contribution >= 0.6 is 0 Å². The van der Waals surface area contributed by atoms with E-state index >= 15 is 0 Å². The van der Waals surface area contributed by atoms with Crippen molar-refractivity contribution >= 4 is 23.8 Å². The molecule has 2 aliphatic heterocycles. The smallest absolute Gasteiger partial charge is 0.408 e. The molecule has 0 aromatic heterocycles. The van der Waals surface area contributed by atoms with Gasteiger partial charge in [-0.2, -0.15) is 0 Å². The van der Waals surface area contributed by atoms with E-state index in [0.717, 1.165) is 24.0 Å². The summed E-state index contributed by atoms with van der Waals surface area (Å²) < 4.78 is 5.61. The summed E-state index contributed by atoms with van der Waals surface area (Å²) in [7, 11) is 0. The first-order valence-electron chi connectivity index (χ1n) is 12.2. The van der Waals surface area contributed by atoms with Gasteiger partial charge in [-0.25, -0.2) is 4.79 Å². The van der Waals surface area contributed by atoms with Gasteiger partial charge in [-0.3, -0.25) is 19.7 Å². The van der Waals surface area contributed by atoms with Gasteiger partial charge in [0.25, 0.3) is 5.91 Å². The lowest BCUT2D eigenvalue weighted by Gasteiger charge is -2.29. The lowest BCUT2D eigenvalue weighted by Crippen LogP contribution is -2.52. The fourth-order valence-electron chi connectivity index (χ4n) is 5.21. The van der Waals surface area contributed by atoms with Gasteiger partial charge in [0.2, 0.25) is 11.8 Å². The fourth-order valence-corrected chi connectivity index (χ4v) is 5.21. The average Bonchev–Trinajstić information content (AvgIpc) is 3.42. The normalized spacial score (nSPS) is 20.7. The molecule has 2 N–H and O–H groups in total. The lowest BCUT2D eigenvalue weighted by atomic mass is 10.0. The van der Waals surface area contributed by atoms with Crippen molar-refractivity contribution in [1.82, 2.24) is 15.5 Å². The summed E-state index contributed by atoms with van der Waals surface area (Å²) in [6.07, 6.45) is 2.81. The molecule has 1 fully saturated rings. The Morgan fingerprint density at radius 3 is 2.54 bits per heavy atom. The number of imide groups is 1. The minimum absolute atomic E-state index is 0.190. The zero-order valence-corrected chi connectivity index (χ0v) is 19.9. The molecule has 8 heteroatoms. The molecule has 8 nitrogen and oxygen atoms in total. The summed E-state index contributed by atoms with van der Waals surface area (Å²) >= 11 is 0. The number of nitrogens with zero attached hydrogens (tertiary/aromatic N) is 1. The quantitative estimate of drug-likeness (QED) is 0.645. The second-order valence-corrected chi connectivity index (χ2v) is 9.61. The molecule has 4 amide bonds. The van der Waals surface area contributed by atoms with Gasteiger partial charge in [0.05, 0.1) is 6.04 Å². The van der Waals surface area contributed by atoms with E-state index in [9.17, 15) is 19.2 Å². The van der Waals surface area contributed by atoms with E-state index in [-0.39, 0.29) is 24.3 Å². The van der Waals surface area contributed by atoms with E-state index in [2.05, 4.69) is 28.8 Å². The van der Waals surface area contributed by atoms with Crippen LogP contribution in [0.4, 0.5) is 4.79 Å². The molecule has 2 aromatic carbocycles. The Morgan fingerprint density at radius 2 is 1.74 bits per heavy atom. The topological polar surface area (TPSA) is 105 Å². The number of hydrogen-bond acceptors (Lipinski definition) is 5. The van der Waals surface area contributed by atoms with Crippen LogP contribution in [0.25, 0.3) is 0 Å². The van der Waals surface area contributed by atoms with E-state index < -0.39 is 24.1 Å². The zero-order chi connectivity index (χ0) is 24.7. The van der Waals surface area contributed by atoms with E-state index in [0.29, 0.717) is 24.1 Å². The molecule has 182 valence electrons. The molecule has 1 saturated heterocycles. The van der Waals surface area contributed by atoms with Crippen molar-refractivity contribution in [2.75, 3.05) is 0 Å². The molecule has 35 heavy (non-hydrogen) atoms. The molecular formula is C27H29N3O5. The standard InChI is InChI=1S/C27H29N3O5/c1-15(18-7-6-17-4-3-5-20(17)12-18)28-27(34)35-16(2)19-8-9-21-14-30(26(33)22(21)13-19)23-10-11-24(31)29-25(23)32/h6-9,12-13,15-16,23H,3-5,10-11,14H2,1-2H3,(H,28,34)(H,29,31,32). The number of benzene rings is 2. The molecule has 5 rings (SSSR count). The minimum Gasteiger partial charge on any atom is -0.442 e. The third kappa shape index (κ3) is 4.52. The molecule has 1 aliphatic carbocycles. The third-order valence-electron chi connectivity index (χ3n) is 7.26. The Kier molecular flexibility index (Phi) is 6.05. The van der Waals surface area contributed by atoms with Crippen molar-refractivity contribution in [3.63, 3.8) is 0 Å². The van der Waals surface area contributed by atoms with E-state index in [1.807, 2.05) is 19.1 Å². The summed E-state index contributed by atoms with van der Waals surface area (Å²) in [5, 5.41) is 5.21. The van der Waals surface area contributed by atoms with Gasteiger partial charge < -0.3 is 15.0 Å². The number of carbonyl (C=O) groups is 4. The Balaban J connectivity index is 1.22. The van der Waals surface area contributed by atoms with Crippen LogP contribution in [-0.4, -0.2) is 34.8 Å². The zero-order valence-electron chi connectivity index (χ0n) is 19.9. The minimum atomic E-state index is -0.656. The van der Waals surface area contributed by atoms with Gasteiger partial charge in [-0.15, -0.1) is 0 Å². The number of amides is 4. The van der Waals surface area contributed by atoms with Gasteiger partial charge >= 0.3 is 6.09 Å². The number of aryl methyl sites for hydroxylation is 2. The van der Waals surface area contributed by atoms with Crippen LogP contribution in [0.5, 0.6) is 0 Å². The maximum Gasteiger partial charge on any atom is 0.408 e. The Labute approximate surface area is 204 Å². The molecule has 3 aliphatic rings. The van der Waals surface area contributed by atoms with Crippen LogP contribution in [0.1, 0.15) is 83.4 Å². The first-order chi connectivity index (χ1) is 16.8. The molecule has 2 heterocycles. The predicted octanol–water partition coefficient (Wildman–Crippen LogP) is 3.48. The predicted molar refractivity (Wildman–Crippen MR) is 127 cm³/mol. The van der Waals surface area contributed by atoms with Crippen molar-refractivity contribution < 1.29 is 23.9 Å². The highest BCUT2D eigenvalue weighted by atomic mass is 16.6. The van der Waals surface area contributed by atoms with Crippen LogP contribution in [0, 0.1) is 0 Å². The molecule has 0 bridgehead atoms. The maximum absolute atomic E-state index is 13.0. The second kappa shape index (κ2) is 9.17. The summed E-state index contributed by atoms with van der Waals surface area (Å²) in [6, 6.07) is 10.9. The molecule has 0 spiro atoms. The highest BCUT2D eigenvalue weighted by Gasteiger charge is 2.39. The Morgan fingerprint density at radius 1 is 1.00 bits per heavy atom. The summed E-state index contributed by atoms with van der Waals surface area (Å²) in [5.41, 5.74) is 5.79. The second-order valence-electron chi connectivity index (χ2n) is 9.61. The summed E-state index contributed by atoms with van der Waals surface area (Å²) in [6.45, 7) is 4.01. The first-order valence-corrected chi connectivity index (χ1v) is 12.2. The number of fused-ring (bicyclic) bond motifs is 2. The van der Waals surface area contributed by atoms with Gasteiger partial charge in [0.15, 0.2) is 0 Å². The molecule has 0 radical (unpaired) electrons. The summed E-state index contributed by atoms with van der Waals surface area (Å²) in [5.74, 6) is -1.00. The highest BCUT2D eigenvalue weighted by Crippen LogP contribution is 2.31. The largest absolute Gasteiger partial charge is 0.442 e. The van der Waals surface area contributed by atoms with E-state index in [1.54, 1.807) is 13.0 Å². The maximum atomic E-state index is 13.0. The van der Waals surface area contributed by atoms with Crippen LogP contribution in [-0.2, 0) is 33.7 Å². The number of hydrogen-bond donors (Lipinski definition) is 2. The number of rotatable bonds is 5. The van der Waals surface area contributed by atoms with Crippen LogP contribution in [0.15, 0.2) is 36.4 Å². The van der Waals surface area contributed by atoms with Gasteiger partial charge in [-0.05, 0) is 73.4 Å². The molecule has 3 atom stereocenters. The number of nitrogens with one attached hydrogen (secondary N) is 2. The SMILES string of the molecule is CC(NC(=O)OC(C)c1ccc2c(c1)C(=O)N(C1CCC(=O)NC1=O)C2)c1ccc2c(c1)CCC2. The molecule has 3 unspecified atom stereocenters. The van der Waals surface area contributed by atoms with Crippen molar-refractivity contribution in [2.45, 2.75) is 70.7 Å². The Bertz CT molecular complexity index is 1220. The monoisotopic (exact) mass is 475 g/mol. The van der Waals surface area contributed by atoms with Crippen molar-refractivity contribution in [3.8, 4) is 0 Å². The summed E-state index contributed by atoms with van der Waals surface area (Å²) in [4.78, 5) is 50.8. The van der Waals surface area contributed by atoms with E-state index in [4.69, 9.17) is 4.74 Å². The Hall–Kier alpha value is -3.68. The first kappa shape index (κ1) is 23.1. The number of piperidine rings is 1. The van der Waals surface area contributed by atoms with Gasteiger partial charge in [-0.1, -0.05) is 30.3 Å². The molecule has 0 saturated carbocycles. The van der Waals surface area contributed by atoms with Crippen LogP contribution < -0.4 is 10.6 Å². The van der Waals surface area contributed by atoms with Crippen LogP contribution in [0.2, 0.25) is 0 Å². The van der Waals surface area contributed by atoms with Crippen molar-refractivity contribution in [1.29, 1.82) is 0 Å². The molecular weight excluding hydrogens is 446 g/mol. The third-order valence-corrected chi connectivity index (χ3v) is 7.26. The van der Waals surface area contributed by atoms with Gasteiger partial charge in [0.1, 0.15) is 12.1 Å². The van der Waals surface area contributed by atoms with Crippen molar-refractivity contribution in [2.24, 2.45) is 0 Å². The number of carbonyl (C=O) groups excluding carboxylic acids is 4. The van der Waals surface area contributed by atoms with E-state index in [1.165, 1.54) is 22.4 Å².